The molecule has 1 heterocycles. The molecule has 2 nitrogen and oxygen atoms in total. The number of rotatable bonds is 2. The minimum Gasteiger partial charge on any atom is -0.340 e. The second-order valence-electron chi connectivity index (χ2n) is 5.29. The molecule has 0 aliphatic rings. The van der Waals surface area contributed by atoms with Crippen LogP contribution in [-0.4, -0.2) is 9.55 Å². The second-order valence-corrected chi connectivity index (χ2v) is 5.29. The third-order valence-corrected chi connectivity index (χ3v) is 3.53. The Balaban J connectivity index is 0.00000176. The summed E-state index contributed by atoms with van der Waals surface area (Å²) in [5.41, 5.74) is 5.51. The number of hydrogen-bond acceptors (Lipinski definition) is 1. The van der Waals surface area contributed by atoms with Crippen molar-refractivity contribution in [3.8, 4) is 17.1 Å². The summed E-state index contributed by atoms with van der Waals surface area (Å²) in [7, 11) is 0. The van der Waals surface area contributed by atoms with Gasteiger partial charge in [0.2, 0.25) is 0 Å². The molecule has 3 aromatic rings. The Hall–Kier alpha value is -1.77. The van der Waals surface area contributed by atoms with E-state index in [9.17, 15) is 4.39 Å². The number of benzene rings is 2. The van der Waals surface area contributed by atoms with E-state index in [4.69, 9.17) is 0 Å². The smallest absolute Gasteiger partial charge is 0.0602 e. The van der Waals surface area contributed by atoms with Crippen molar-refractivity contribution in [3.05, 3.63) is 71.3 Å². The van der Waals surface area contributed by atoms with Gasteiger partial charge in [-0.05, 0) is 31.9 Å². The van der Waals surface area contributed by atoms with Crippen LogP contribution in [0, 0.1) is 32.7 Å². The zero-order chi connectivity index (χ0) is 15.0. The zero-order valence-corrected chi connectivity index (χ0v) is 15.0. The Morgan fingerprint density at radius 2 is 1.77 bits per heavy atom. The van der Waals surface area contributed by atoms with Gasteiger partial charge in [-0.3, -0.25) is 9.37 Å². The first-order chi connectivity index (χ1) is 10.1. The number of halogens is 1. The van der Waals surface area contributed by atoms with Crippen LogP contribution in [0.2, 0.25) is 0 Å². The summed E-state index contributed by atoms with van der Waals surface area (Å²) in [5.74, 6) is 0.476. The van der Waals surface area contributed by atoms with Gasteiger partial charge >= 0.3 is 0 Å². The molecular weight excluding hydrogens is 455 g/mol. The van der Waals surface area contributed by atoms with Crippen molar-refractivity contribution in [1.82, 2.24) is 9.55 Å². The molecule has 115 valence electrons. The average Bonchev–Trinajstić information content (AvgIpc) is 2.87. The average molecular weight is 472 g/mol. The summed E-state index contributed by atoms with van der Waals surface area (Å²) in [5, 5.41) is 0. The Kier molecular flexibility index (Phi) is 4.94. The molecule has 0 bridgehead atoms. The fourth-order valence-electron chi connectivity index (χ4n) is 2.78. The Labute approximate surface area is 143 Å². The van der Waals surface area contributed by atoms with Crippen molar-refractivity contribution in [2.75, 3.05) is 0 Å². The summed E-state index contributed by atoms with van der Waals surface area (Å²) in [4.78, 5) is 4.41. The molecule has 4 heteroatoms. The Morgan fingerprint density at radius 3 is 2.36 bits per heavy atom. The summed E-state index contributed by atoms with van der Waals surface area (Å²) < 4.78 is 15.1. The Morgan fingerprint density at radius 1 is 1.09 bits per heavy atom. The molecule has 0 N–H and O–H groups in total. The summed E-state index contributed by atoms with van der Waals surface area (Å²) in [6, 6.07) is 11.7. The molecule has 22 heavy (non-hydrogen) atoms. The number of aromatic nitrogens is 2. The molecule has 0 amide bonds. The fraction of sp³-hybridized carbons (Fsp3) is 0.167. The largest absolute Gasteiger partial charge is 0.340 e. The van der Waals surface area contributed by atoms with Gasteiger partial charge in [0.05, 0.1) is 5.82 Å². The van der Waals surface area contributed by atoms with Gasteiger partial charge in [-0.15, -0.1) is 29.8 Å². The van der Waals surface area contributed by atoms with Crippen LogP contribution < -0.4 is 0 Å². The van der Waals surface area contributed by atoms with E-state index in [1.807, 2.05) is 10.8 Å². The fourth-order valence-corrected chi connectivity index (χ4v) is 2.78. The first-order valence-corrected chi connectivity index (χ1v) is 6.85. The van der Waals surface area contributed by atoms with Crippen LogP contribution in [-0.2, 0) is 20.1 Å². The molecule has 1 aromatic heterocycles. The number of aryl methyl sites for hydroxylation is 3. The normalized spacial score (nSPS) is 10.4. The van der Waals surface area contributed by atoms with Gasteiger partial charge in [-0.25, -0.2) is 0 Å². The summed E-state index contributed by atoms with van der Waals surface area (Å²) >= 11 is 0. The molecule has 1 radical (unpaired) electrons. The summed E-state index contributed by atoms with van der Waals surface area (Å²) in [6.45, 7) is 6.27. The number of nitrogens with zero attached hydrogens (tertiary/aromatic N) is 2. The SMILES string of the molecule is Cc1cc(C)c(-n2ccnc2-c2[c-]cc(F)cc2)c(C)c1.[Ir]. The molecule has 0 aliphatic heterocycles. The first kappa shape index (κ1) is 16.6. The van der Waals surface area contributed by atoms with Crippen molar-refractivity contribution in [2.45, 2.75) is 20.8 Å². The third kappa shape index (κ3) is 3.03. The molecule has 3 rings (SSSR count). The van der Waals surface area contributed by atoms with Gasteiger partial charge in [0, 0.05) is 44.0 Å². The van der Waals surface area contributed by atoms with E-state index in [0.717, 1.165) is 17.1 Å². The van der Waals surface area contributed by atoms with Crippen molar-refractivity contribution in [2.24, 2.45) is 0 Å². The predicted octanol–water partition coefficient (Wildman–Crippen LogP) is 4.40. The van der Waals surface area contributed by atoms with E-state index in [1.165, 1.54) is 28.8 Å². The maximum absolute atomic E-state index is 13.1. The molecule has 0 aliphatic carbocycles. The van der Waals surface area contributed by atoms with Gasteiger partial charge in [0.1, 0.15) is 0 Å². The summed E-state index contributed by atoms with van der Waals surface area (Å²) in [6.07, 6.45) is 3.68. The van der Waals surface area contributed by atoms with E-state index in [2.05, 4.69) is 44.0 Å². The molecule has 0 fully saturated rings. The maximum atomic E-state index is 13.1. The van der Waals surface area contributed by atoms with Crippen LogP contribution in [0.3, 0.4) is 0 Å². The Bertz CT molecular complexity index is 768. The van der Waals surface area contributed by atoms with Crippen molar-refractivity contribution in [1.29, 1.82) is 0 Å². The van der Waals surface area contributed by atoms with Crippen molar-refractivity contribution >= 4 is 0 Å². The zero-order valence-electron chi connectivity index (χ0n) is 12.6. The quantitative estimate of drug-likeness (QED) is 0.507. The van der Waals surface area contributed by atoms with Gasteiger partial charge < -0.3 is 4.57 Å². The third-order valence-electron chi connectivity index (χ3n) is 3.53. The van der Waals surface area contributed by atoms with Crippen LogP contribution in [0.4, 0.5) is 4.39 Å². The van der Waals surface area contributed by atoms with Crippen LogP contribution in [0.1, 0.15) is 16.7 Å². The van der Waals surface area contributed by atoms with E-state index in [1.54, 1.807) is 12.3 Å². The van der Waals surface area contributed by atoms with E-state index in [-0.39, 0.29) is 25.9 Å². The monoisotopic (exact) mass is 472 g/mol. The molecule has 0 saturated heterocycles. The van der Waals surface area contributed by atoms with Gasteiger partial charge in [0.15, 0.2) is 0 Å². The first-order valence-electron chi connectivity index (χ1n) is 6.85. The van der Waals surface area contributed by atoms with E-state index < -0.39 is 0 Å². The topological polar surface area (TPSA) is 17.8 Å². The number of imidazole rings is 1. The van der Waals surface area contributed by atoms with E-state index in [0.29, 0.717) is 0 Å². The predicted molar refractivity (Wildman–Crippen MR) is 82.0 cm³/mol. The number of hydrogen-bond donors (Lipinski definition) is 0. The van der Waals surface area contributed by atoms with Crippen LogP contribution >= 0.6 is 0 Å². The van der Waals surface area contributed by atoms with Crippen molar-refractivity contribution < 1.29 is 24.5 Å². The molecule has 0 unspecified atom stereocenters. The standard InChI is InChI=1S/C18H16FN2.Ir/c1-12-10-13(2)17(14(3)11-12)21-9-8-20-18(21)15-4-6-16(19)7-5-15;/h4,6-11H,1-3H3;/q-1;. The van der Waals surface area contributed by atoms with Gasteiger partial charge in [0.25, 0.3) is 0 Å². The molecule has 0 atom stereocenters. The molecule has 0 saturated carbocycles. The van der Waals surface area contributed by atoms with Gasteiger partial charge in [-0.1, -0.05) is 17.7 Å². The van der Waals surface area contributed by atoms with Crippen LogP contribution in [0.25, 0.3) is 17.1 Å². The molecular formula is C18H16FIrN2-. The minimum absolute atomic E-state index is 0. The van der Waals surface area contributed by atoms with Crippen molar-refractivity contribution in [3.63, 3.8) is 0 Å². The second kappa shape index (κ2) is 6.55. The molecule has 0 spiro atoms. The molecule has 2 aromatic carbocycles. The maximum Gasteiger partial charge on any atom is 0.0602 e. The minimum atomic E-state index is -0.292. The van der Waals surface area contributed by atoms with Gasteiger partial charge in [-0.2, -0.15) is 0 Å². The van der Waals surface area contributed by atoms with Crippen LogP contribution in [0.5, 0.6) is 0 Å². The van der Waals surface area contributed by atoms with Crippen LogP contribution in [0.15, 0.2) is 42.7 Å². The van der Waals surface area contributed by atoms with E-state index >= 15 is 0 Å².